The van der Waals surface area contributed by atoms with Crippen molar-refractivity contribution in [2.75, 3.05) is 11.8 Å². The number of sulfonamides is 1. The zero-order valence-electron chi connectivity index (χ0n) is 15.4. The molecule has 0 radical (unpaired) electrons. The second kappa shape index (κ2) is 7.51. The molecule has 29 heavy (non-hydrogen) atoms. The Bertz CT molecular complexity index is 1250. The Balaban J connectivity index is 1.67. The summed E-state index contributed by atoms with van der Waals surface area (Å²) in [5.41, 5.74) is 1.63. The number of fused-ring (bicyclic) bond motifs is 1. The van der Waals surface area contributed by atoms with Gasteiger partial charge in [-0.2, -0.15) is 0 Å². The van der Waals surface area contributed by atoms with Gasteiger partial charge in [0.1, 0.15) is 11.6 Å². The van der Waals surface area contributed by atoms with Crippen LogP contribution in [0.4, 0.5) is 10.1 Å². The van der Waals surface area contributed by atoms with E-state index in [1.807, 2.05) is 6.20 Å². The Kier molecular flexibility index (Phi) is 4.89. The van der Waals surface area contributed by atoms with Crippen LogP contribution in [0.15, 0.2) is 67.1 Å². The molecule has 2 heterocycles. The summed E-state index contributed by atoms with van der Waals surface area (Å²) in [5.74, 6) is -0.200. The smallest absolute Gasteiger partial charge is 0.237 e. The second-order valence-electron chi connectivity index (χ2n) is 6.32. The molecular formula is C20H17FN4O3S. The lowest BCUT2D eigenvalue weighted by Crippen LogP contribution is -2.16. The summed E-state index contributed by atoms with van der Waals surface area (Å²) in [6.45, 7) is 0. The molecule has 0 aliphatic rings. The average Bonchev–Trinajstić information content (AvgIpc) is 3.13. The van der Waals surface area contributed by atoms with E-state index in [0.29, 0.717) is 22.8 Å². The number of rotatable bonds is 6. The van der Waals surface area contributed by atoms with Crippen molar-refractivity contribution in [2.45, 2.75) is 5.75 Å². The van der Waals surface area contributed by atoms with E-state index in [4.69, 9.17) is 4.74 Å². The van der Waals surface area contributed by atoms with E-state index in [9.17, 15) is 12.8 Å². The Hall–Kier alpha value is -3.46. The van der Waals surface area contributed by atoms with Crippen molar-refractivity contribution >= 4 is 21.5 Å². The maximum absolute atomic E-state index is 13.9. The van der Waals surface area contributed by atoms with Crippen LogP contribution in [0.25, 0.3) is 17.0 Å². The monoisotopic (exact) mass is 412 g/mol. The number of aromatic nitrogens is 3. The van der Waals surface area contributed by atoms with Crippen LogP contribution in [-0.4, -0.2) is 29.9 Å². The molecule has 0 spiro atoms. The quantitative estimate of drug-likeness (QED) is 0.524. The normalized spacial score (nSPS) is 11.5. The molecule has 148 valence electrons. The van der Waals surface area contributed by atoms with Gasteiger partial charge in [-0.05, 0) is 30.3 Å². The Morgan fingerprint density at radius 1 is 1.17 bits per heavy atom. The predicted octanol–water partition coefficient (Wildman–Crippen LogP) is 3.49. The lowest BCUT2D eigenvalue weighted by Gasteiger charge is -2.13. The summed E-state index contributed by atoms with van der Waals surface area (Å²) in [6, 6.07) is 12.6. The molecule has 4 rings (SSSR count). The molecule has 2 aromatic heterocycles. The topological polar surface area (TPSA) is 85.6 Å². The molecule has 0 aliphatic carbocycles. The average molecular weight is 412 g/mol. The van der Waals surface area contributed by atoms with Crippen molar-refractivity contribution in [3.05, 3.63) is 78.5 Å². The number of ether oxygens (including phenoxy) is 1. The van der Waals surface area contributed by atoms with Gasteiger partial charge in [-0.25, -0.2) is 22.8 Å². The minimum atomic E-state index is -3.87. The van der Waals surface area contributed by atoms with E-state index < -0.39 is 21.6 Å². The number of hydrogen-bond donors (Lipinski definition) is 1. The van der Waals surface area contributed by atoms with Crippen molar-refractivity contribution in [3.63, 3.8) is 0 Å². The molecule has 0 saturated carbocycles. The summed E-state index contributed by atoms with van der Waals surface area (Å²) in [6.07, 6.45) is 5.25. The first-order valence-electron chi connectivity index (χ1n) is 8.67. The number of halogens is 1. The van der Waals surface area contributed by atoms with Crippen molar-refractivity contribution < 1.29 is 17.5 Å². The van der Waals surface area contributed by atoms with Gasteiger partial charge in [0.15, 0.2) is 0 Å². The van der Waals surface area contributed by atoms with E-state index in [2.05, 4.69) is 14.7 Å². The van der Waals surface area contributed by atoms with Gasteiger partial charge in [0.25, 0.3) is 0 Å². The highest BCUT2D eigenvalue weighted by atomic mass is 32.2. The van der Waals surface area contributed by atoms with Gasteiger partial charge < -0.3 is 4.74 Å². The van der Waals surface area contributed by atoms with Gasteiger partial charge in [0.2, 0.25) is 15.8 Å². The van der Waals surface area contributed by atoms with Crippen LogP contribution in [0.2, 0.25) is 0 Å². The van der Waals surface area contributed by atoms with Crippen LogP contribution in [0, 0.1) is 5.82 Å². The lowest BCUT2D eigenvalue weighted by molar-refractivity contribution is 0.417. The molecule has 0 bridgehead atoms. The van der Waals surface area contributed by atoms with E-state index >= 15 is 0 Å². The Labute approximate surface area is 166 Å². The fourth-order valence-electron chi connectivity index (χ4n) is 2.94. The highest BCUT2D eigenvalue weighted by Gasteiger charge is 2.18. The summed E-state index contributed by atoms with van der Waals surface area (Å²) >= 11 is 0. The van der Waals surface area contributed by atoms with Crippen molar-refractivity contribution in [3.8, 4) is 17.0 Å². The molecule has 0 unspecified atom stereocenters. The molecular weight excluding hydrogens is 395 g/mol. The molecule has 0 amide bonds. The van der Waals surface area contributed by atoms with Crippen LogP contribution >= 0.6 is 0 Å². The fourth-order valence-corrected chi connectivity index (χ4v) is 4.15. The third-order valence-electron chi connectivity index (χ3n) is 4.30. The van der Waals surface area contributed by atoms with Crippen LogP contribution in [0.5, 0.6) is 5.75 Å². The number of methoxy groups -OCH3 is 1. The summed E-state index contributed by atoms with van der Waals surface area (Å²) in [4.78, 5) is 8.62. The van der Waals surface area contributed by atoms with E-state index in [1.165, 1.54) is 25.3 Å². The summed E-state index contributed by atoms with van der Waals surface area (Å²) in [7, 11) is -2.43. The molecule has 1 N–H and O–H groups in total. The van der Waals surface area contributed by atoms with Gasteiger partial charge in [-0.1, -0.05) is 18.2 Å². The first kappa shape index (κ1) is 18.9. The molecule has 4 aromatic rings. The Morgan fingerprint density at radius 3 is 2.76 bits per heavy atom. The summed E-state index contributed by atoms with van der Waals surface area (Å²) in [5, 5.41) is 0. The molecule has 7 nitrogen and oxygen atoms in total. The molecule has 0 atom stereocenters. The number of hydrogen-bond acceptors (Lipinski definition) is 5. The van der Waals surface area contributed by atoms with Gasteiger partial charge in [0.05, 0.1) is 24.2 Å². The van der Waals surface area contributed by atoms with Gasteiger partial charge >= 0.3 is 0 Å². The van der Waals surface area contributed by atoms with Crippen molar-refractivity contribution in [1.29, 1.82) is 0 Å². The standard InChI is InChI=1S/C20H17FN4O3S/c1-28-19-8-7-14(18-12-25-10-4-9-22-20(25)23-18)11-17(19)24-29(26,27)13-15-5-2-3-6-16(15)21/h2-12,24H,13H2,1H3. The SMILES string of the molecule is COc1ccc(-c2cn3cccnc3n2)cc1NS(=O)(=O)Cc1ccccc1F. The van der Waals surface area contributed by atoms with Crippen LogP contribution < -0.4 is 9.46 Å². The van der Waals surface area contributed by atoms with Crippen molar-refractivity contribution in [1.82, 2.24) is 14.4 Å². The fraction of sp³-hybridized carbons (Fsp3) is 0.100. The van der Waals surface area contributed by atoms with Crippen LogP contribution in [0.1, 0.15) is 5.56 Å². The van der Waals surface area contributed by atoms with Crippen molar-refractivity contribution in [2.24, 2.45) is 0 Å². The first-order valence-corrected chi connectivity index (χ1v) is 10.3. The van der Waals surface area contributed by atoms with E-state index in [-0.39, 0.29) is 11.3 Å². The zero-order valence-corrected chi connectivity index (χ0v) is 16.2. The molecule has 0 aliphatic heterocycles. The molecule has 0 saturated heterocycles. The maximum atomic E-state index is 13.9. The minimum Gasteiger partial charge on any atom is -0.495 e. The zero-order chi connectivity index (χ0) is 20.4. The van der Waals surface area contributed by atoms with Gasteiger partial charge in [-0.3, -0.25) is 9.12 Å². The summed E-state index contributed by atoms with van der Waals surface area (Å²) < 4.78 is 48.6. The highest BCUT2D eigenvalue weighted by molar-refractivity contribution is 7.91. The number of nitrogens with one attached hydrogen (secondary N) is 1. The minimum absolute atomic E-state index is 0.0848. The largest absolute Gasteiger partial charge is 0.495 e. The number of nitrogens with zero attached hydrogens (tertiary/aromatic N) is 3. The number of imidazole rings is 1. The molecule has 0 fully saturated rings. The van der Waals surface area contributed by atoms with Crippen LogP contribution in [0.3, 0.4) is 0 Å². The highest BCUT2D eigenvalue weighted by Crippen LogP contribution is 2.31. The van der Waals surface area contributed by atoms with Gasteiger partial charge in [0, 0.05) is 29.7 Å². The van der Waals surface area contributed by atoms with E-state index in [0.717, 1.165) is 0 Å². The first-order chi connectivity index (χ1) is 13.9. The molecule has 2 aromatic carbocycles. The lowest BCUT2D eigenvalue weighted by atomic mass is 10.1. The van der Waals surface area contributed by atoms with Crippen LogP contribution in [-0.2, 0) is 15.8 Å². The van der Waals surface area contributed by atoms with E-state index in [1.54, 1.807) is 47.1 Å². The number of anilines is 1. The third-order valence-corrected chi connectivity index (χ3v) is 5.52. The Morgan fingerprint density at radius 2 is 2.00 bits per heavy atom. The number of benzene rings is 2. The molecule has 9 heteroatoms. The predicted molar refractivity (Wildman–Crippen MR) is 108 cm³/mol. The maximum Gasteiger partial charge on any atom is 0.237 e. The second-order valence-corrected chi connectivity index (χ2v) is 8.04. The third kappa shape index (κ3) is 4.04. The van der Waals surface area contributed by atoms with Gasteiger partial charge in [-0.15, -0.1) is 0 Å².